The van der Waals surface area contributed by atoms with Gasteiger partial charge in [0.05, 0.1) is 24.3 Å². The van der Waals surface area contributed by atoms with Crippen LogP contribution in [0.5, 0.6) is 0 Å². The highest BCUT2D eigenvalue weighted by Gasteiger charge is 2.34. The van der Waals surface area contributed by atoms with Crippen LogP contribution in [0.15, 0.2) is 24.3 Å². The fourth-order valence-electron chi connectivity index (χ4n) is 2.75. The summed E-state index contributed by atoms with van der Waals surface area (Å²) in [7, 11) is 0. The molecule has 122 valence electrons. The van der Waals surface area contributed by atoms with Gasteiger partial charge in [0.1, 0.15) is 6.10 Å². The lowest BCUT2D eigenvalue weighted by atomic mass is 10.1. The topological polar surface area (TPSA) is 76.5 Å². The maximum Gasteiger partial charge on any atom is 0.430 e. The Balaban J connectivity index is 1.88. The van der Waals surface area contributed by atoms with Crippen molar-refractivity contribution in [2.45, 2.75) is 32.8 Å². The Hall–Kier alpha value is -2.57. The number of hydrogen-bond donors (Lipinski definition) is 1. The zero-order valence-corrected chi connectivity index (χ0v) is 13.3. The number of benzene rings is 1. The van der Waals surface area contributed by atoms with Crippen molar-refractivity contribution in [3.05, 3.63) is 30.0 Å². The molecule has 1 aromatic carbocycles. The largest absolute Gasteiger partial charge is 0.441 e. The first kappa shape index (κ1) is 15.3. The lowest BCUT2D eigenvalue weighted by molar-refractivity contribution is -0.119. The van der Waals surface area contributed by atoms with E-state index < -0.39 is 6.09 Å². The summed E-state index contributed by atoms with van der Waals surface area (Å²) in [6.07, 6.45) is 1.02. The molecule has 1 aliphatic heterocycles. The number of amides is 2. The van der Waals surface area contributed by atoms with Gasteiger partial charge in [-0.3, -0.25) is 4.79 Å². The van der Waals surface area contributed by atoms with E-state index in [4.69, 9.17) is 4.74 Å². The zero-order chi connectivity index (χ0) is 16.4. The van der Waals surface area contributed by atoms with Gasteiger partial charge < -0.3 is 10.1 Å². The molecule has 0 radical (unpaired) electrons. The Morgan fingerprint density at radius 2 is 2.22 bits per heavy atom. The van der Waals surface area contributed by atoms with E-state index in [2.05, 4.69) is 17.3 Å². The number of rotatable bonds is 5. The normalized spacial score (nSPS) is 17.6. The number of para-hydroxylation sites is 1. The molecule has 3 rings (SSSR count). The molecule has 1 N–H and O–H groups in total. The Morgan fingerprint density at radius 1 is 1.43 bits per heavy atom. The molecule has 1 aromatic heterocycles. The van der Waals surface area contributed by atoms with Gasteiger partial charge in [-0.25, -0.2) is 4.79 Å². The summed E-state index contributed by atoms with van der Waals surface area (Å²) in [5.74, 6) is -0.144. The second-order valence-electron chi connectivity index (χ2n) is 5.63. The lowest BCUT2D eigenvalue weighted by Crippen LogP contribution is -2.38. The van der Waals surface area contributed by atoms with E-state index in [1.807, 2.05) is 24.3 Å². The minimum Gasteiger partial charge on any atom is -0.441 e. The predicted octanol–water partition coefficient (Wildman–Crippen LogP) is 1.58. The van der Waals surface area contributed by atoms with Crippen LogP contribution < -0.4 is 10.3 Å². The molecule has 7 heteroatoms. The highest BCUT2D eigenvalue weighted by atomic mass is 16.6. The number of carbonyl (C=O) groups is 2. The van der Waals surface area contributed by atoms with E-state index in [0.29, 0.717) is 13.1 Å². The minimum atomic E-state index is -0.448. The predicted molar refractivity (Wildman–Crippen MR) is 85.8 cm³/mol. The van der Waals surface area contributed by atoms with Gasteiger partial charge in [0.15, 0.2) is 0 Å². The third-order valence-electron chi connectivity index (χ3n) is 3.79. The number of nitrogens with one attached hydrogen (secondary N) is 1. The number of fused-ring (bicyclic) bond motifs is 1. The molecule has 1 aliphatic rings. The third kappa shape index (κ3) is 2.99. The highest BCUT2D eigenvalue weighted by Crippen LogP contribution is 2.22. The van der Waals surface area contributed by atoms with Crippen molar-refractivity contribution >= 4 is 22.9 Å². The summed E-state index contributed by atoms with van der Waals surface area (Å²) >= 11 is 0. The number of ether oxygens (including phenoxy) is 1. The molecule has 1 fully saturated rings. The van der Waals surface area contributed by atoms with Crippen LogP contribution in [-0.2, 0) is 16.0 Å². The molecule has 2 heterocycles. The Kier molecular flexibility index (Phi) is 4.18. The van der Waals surface area contributed by atoms with E-state index in [1.54, 1.807) is 4.79 Å². The van der Waals surface area contributed by atoms with Gasteiger partial charge in [0.2, 0.25) is 5.91 Å². The minimum absolute atomic E-state index is 0.144. The quantitative estimate of drug-likeness (QED) is 0.908. The Labute approximate surface area is 134 Å². The van der Waals surface area contributed by atoms with Crippen molar-refractivity contribution in [3.8, 4) is 0 Å². The number of aromatic nitrogens is 2. The maximum absolute atomic E-state index is 12.2. The summed E-state index contributed by atoms with van der Waals surface area (Å²) in [6, 6.07) is 7.85. The summed E-state index contributed by atoms with van der Waals surface area (Å²) in [6.45, 7) is 4.20. The fourth-order valence-corrected chi connectivity index (χ4v) is 2.75. The van der Waals surface area contributed by atoms with Crippen molar-refractivity contribution < 1.29 is 14.3 Å². The van der Waals surface area contributed by atoms with Crippen LogP contribution in [0.2, 0.25) is 0 Å². The first-order valence-corrected chi connectivity index (χ1v) is 7.79. The molecule has 2 aromatic rings. The number of aryl methyl sites for hydroxylation is 1. The van der Waals surface area contributed by atoms with Gasteiger partial charge in [0, 0.05) is 12.3 Å². The van der Waals surface area contributed by atoms with Crippen LogP contribution in [0.4, 0.5) is 4.79 Å². The van der Waals surface area contributed by atoms with E-state index in [1.165, 1.54) is 11.9 Å². The monoisotopic (exact) mass is 316 g/mol. The van der Waals surface area contributed by atoms with Gasteiger partial charge in [-0.15, -0.1) is 0 Å². The van der Waals surface area contributed by atoms with Crippen LogP contribution in [0, 0.1) is 0 Å². The average molecular weight is 316 g/mol. The van der Waals surface area contributed by atoms with Gasteiger partial charge in [-0.1, -0.05) is 31.5 Å². The van der Waals surface area contributed by atoms with Crippen LogP contribution in [0.1, 0.15) is 26.0 Å². The summed E-state index contributed by atoms with van der Waals surface area (Å²) < 4.78 is 5.31. The fraction of sp³-hybridized carbons (Fsp3) is 0.438. The van der Waals surface area contributed by atoms with Gasteiger partial charge >= 0.3 is 6.09 Å². The lowest BCUT2D eigenvalue weighted by Gasteiger charge is -2.13. The first-order chi connectivity index (χ1) is 11.1. The molecule has 0 spiro atoms. The number of hydrogen-bond acceptors (Lipinski definition) is 4. The molecule has 1 unspecified atom stereocenters. The number of nitrogens with zero attached hydrogens (tertiary/aromatic N) is 3. The number of cyclic esters (lactones) is 1. The molecule has 2 amide bonds. The molecule has 0 aliphatic carbocycles. The SMILES string of the molecule is CCCc1nn(N2CC(CNC(C)=O)OC2=O)c2ccccc12. The van der Waals surface area contributed by atoms with Crippen LogP contribution in [-0.4, -0.2) is 41.1 Å². The zero-order valence-electron chi connectivity index (χ0n) is 13.3. The second kappa shape index (κ2) is 6.28. The Bertz CT molecular complexity index is 740. The maximum atomic E-state index is 12.2. The average Bonchev–Trinajstić information content (AvgIpc) is 3.07. The molecule has 0 bridgehead atoms. The Morgan fingerprint density at radius 3 is 2.96 bits per heavy atom. The molecule has 0 saturated carbocycles. The van der Waals surface area contributed by atoms with E-state index in [9.17, 15) is 9.59 Å². The standard InChI is InChI=1S/C16H20N4O3/c1-3-6-14-13-7-4-5-8-15(13)20(18-14)19-10-12(23-16(19)22)9-17-11(2)21/h4-5,7-8,12H,3,6,9-10H2,1-2H3,(H,17,21). The van der Waals surface area contributed by atoms with Gasteiger partial charge in [-0.2, -0.15) is 14.9 Å². The molecule has 7 nitrogen and oxygen atoms in total. The van der Waals surface area contributed by atoms with Crippen molar-refractivity contribution in [1.29, 1.82) is 0 Å². The van der Waals surface area contributed by atoms with Crippen molar-refractivity contribution in [2.24, 2.45) is 0 Å². The molecule has 23 heavy (non-hydrogen) atoms. The molecular weight excluding hydrogens is 296 g/mol. The second-order valence-corrected chi connectivity index (χ2v) is 5.63. The van der Waals surface area contributed by atoms with Crippen LogP contribution in [0.25, 0.3) is 10.9 Å². The van der Waals surface area contributed by atoms with Crippen LogP contribution in [0.3, 0.4) is 0 Å². The molecule has 1 saturated heterocycles. The van der Waals surface area contributed by atoms with E-state index in [0.717, 1.165) is 29.4 Å². The summed E-state index contributed by atoms with van der Waals surface area (Å²) in [5.41, 5.74) is 1.86. The van der Waals surface area contributed by atoms with Gasteiger partial charge in [0.25, 0.3) is 0 Å². The summed E-state index contributed by atoms with van der Waals surface area (Å²) in [5, 5.41) is 9.79. The number of carbonyl (C=O) groups excluding carboxylic acids is 2. The molecular formula is C16H20N4O3. The van der Waals surface area contributed by atoms with Crippen molar-refractivity contribution in [1.82, 2.24) is 15.2 Å². The first-order valence-electron chi connectivity index (χ1n) is 7.79. The van der Waals surface area contributed by atoms with Crippen molar-refractivity contribution in [2.75, 3.05) is 18.1 Å². The highest BCUT2D eigenvalue weighted by molar-refractivity contribution is 5.87. The van der Waals surface area contributed by atoms with Crippen LogP contribution >= 0.6 is 0 Å². The van der Waals surface area contributed by atoms with Crippen molar-refractivity contribution in [3.63, 3.8) is 0 Å². The molecule has 1 atom stereocenters. The smallest absolute Gasteiger partial charge is 0.430 e. The van der Waals surface area contributed by atoms with E-state index >= 15 is 0 Å². The summed E-state index contributed by atoms with van der Waals surface area (Å²) in [4.78, 5) is 24.8. The van der Waals surface area contributed by atoms with E-state index in [-0.39, 0.29) is 12.0 Å². The van der Waals surface area contributed by atoms with Gasteiger partial charge in [-0.05, 0) is 12.5 Å². The third-order valence-corrected chi connectivity index (χ3v) is 3.79.